The highest BCUT2D eigenvalue weighted by molar-refractivity contribution is 7.21. The number of amides is 1. The number of carboxylic acids is 1. The van der Waals surface area contributed by atoms with Crippen molar-refractivity contribution in [2.75, 3.05) is 13.6 Å². The molecule has 0 radical (unpaired) electrons. The van der Waals surface area contributed by atoms with Crippen LogP contribution in [0.25, 0.3) is 10.1 Å². The molecule has 0 bridgehead atoms. The van der Waals surface area contributed by atoms with Crippen LogP contribution in [0.1, 0.15) is 35.0 Å². The summed E-state index contributed by atoms with van der Waals surface area (Å²) in [4.78, 5) is 25.4. The van der Waals surface area contributed by atoms with Gasteiger partial charge in [-0.2, -0.15) is 0 Å². The Bertz CT molecular complexity index is 663. The third-order valence-electron chi connectivity index (χ3n) is 3.40. The van der Waals surface area contributed by atoms with Crippen LogP contribution in [0.5, 0.6) is 0 Å². The smallest absolute Gasteiger partial charge is 0.305 e. The van der Waals surface area contributed by atoms with Gasteiger partial charge < -0.3 is 10.0 Å². The van der Waals surface area contributed by atoms with Crippen molar-refractivity contribution in [2.24, 2.45) is 0 Å². The van der Waals surface area contributed by atoms with Gasteiger partial charge in [0.1, 0.15) is 0 Å². The van der Waals surface area contributed by atoms with Crippen molar-refractivity contribution < 1.29 is 14.7 Å². The van der Waals surface area contributed by atoms with E-state index in [0.717, 1.165) is 33.4 Å². The van der Waals surface area contributed by atoms with Crippen molar-refractivity contribution >= 4 is 33.3 Å². The number of hydrogen-bond acceptors (Lipinski definition) is 3. The summed E-state index contributed by atoms with van der Waals surface area (Å²) in [6.07, 6.45) is 1.80. The molecule has 0 atom stereocenters. The minimum absolute atomic E-state index is 0.0315. The van der Waals surface area contributed by atoms with E-state index >= 15 is 0 Å². The molecule has 2 aromatic rings. The number of carboxylic acid groups (broad SMARTS) is 1. The molecule has 0 spiro atoms. The second-order valence-electron chi connectivity index (χ2n) is 5.03. The van der Waals surface area contributed by atoms with Crippen molar-refractivity contribution in [1.82, 2.24) is 4.90 Å². The van der Waals surface area contributed by atoms with E-state index in [0.29, 0.717) is 0 Å². The van der Waals surface area contributed by atoms with Crippen LogP contribution < -0.4 is 0 Å². The second kappa shape index (κ2) is 6.72. The summed E-state index contributed by atoms with van der Waals surface area (Å²) < 4.78 is 1.11. The summed E-state index contributed by atoms with van der Waals surface area (Å²) in [7, 11) is 1.66. The Kier molecular flexibility index (Phi) is 4.96. The number of benzene rings is 1. The summed E-state index contributed by atoms with van der Waals surface area (Å²) in [5.74, 6) is -0.972. The average Bonchev–Trinajstić information content (AvgIpc) is 2.83. The fraction of sp³-hybridized carbons (Fsp3) is 0.375. The maximum Gasteiger partial charge on any atom is 0.305 e. The highest BCUT2D eigenvalue weighted by atomic mass is 32.1. The van der Waals surface area contributed by atoms with E-state index < -0.39 is 5.97 Å². The van der Waals surface area contributed by atoms with Crippen molar-refractivity contribution in [3.05, 3.63) is 34.7 Å². The van der Waals surface area contributed by atoms with Gasteiger partial charge in [0.2, 0.25) is 0 Å². The van der Waals surface area contributed by atoms with Gasteiger partial charge in [0, 0.05) is 18.3 Å². The Morgan fingerprint density at radius 3 is 2.67 bits per heavy atom. The third-order valence-corrected chi connectivity index (χ3v) is 4.60. The molecule has 2 rings (SSSR count). The maximum atomic E-state index is 12.6. The highest BCUT2D eigenvalue weighted by Crippen LogP contribution is 2.33. The van der Waals surface area contributed by atoms with Gasteiger partial charge in [-0.15, -0.1) is 11.3 Å². The Morgan fingerprint density at radius 1 is 1.29 bits per heavy atom. The van der Waals surface area contributed by atoms with E-state index in [1.807, 2.05) is 24.3 Å². The topological polar surface area (TPSA) is 57.6 Å². The largest absolute Gasteiger partial charge is 0.481 e. The zero-order valence-corrected chi connectivity index (χ0v) is 13.1. The first kappa shape index (κ1) is 15.5. The molecular formula is C16H19NO3S. The molecule has 0 aliphatic rings. The average molecular weight is 305 g/mol. The van der Waals surface area contributed by atoms with Crippen LogP contribution in [-0.2, 0) is 11.2 Å². The summed E-state index contributed by atoms with van der Waals surface area (Å²) in [6.45, 7) is 2.32. The van der Waals surface area contributed by atoms with Gasteiger partial charge in [0.05, 0.1) is 11.3 Å². The number of fused-ring (bicyclic) bond motifs is 1. The Labute approximate surface area is 128 Å². The van der Waals surface area contributed by atoms with Crippen LogP contribution in [0.3, 0.4) is 0 Å². The van der Waals surface area contributed by atoms with Gasteiger partial charge in [0.25, 0.3) is 5.91 Å². The maximum absolute atomic E-state index is 12.6. The fourth-order valence-electron chi connectivity index (χ4n) is 2.31. The van der Waals surface area contributed by atoms with Crippen molar-refractivity contribution in [2.45, 2.75) is 26.2 Å². The third kappa shape index (κ3) is 3.42. The van der Waals surface area contributed by atoms with Crippen LogP contribution in [-0.4, -0.2) is 35.5 Å². The predicted octanol–water partition coefficient (Wildman–Crippen LogP) is 3.40. The zero-order valence-electron chi connectivity index (χ0n) is 12.3. The molecular weight excluding hydrogens is 286 g/mol. The lowest BCUT2D eigenvalue weighted by Crippen LogP contribution is -2.29. The number of hydrogen-bond donors (Lipinski definition) is 1. The molecule has 1 amide bonds. The Morgan fingerprint density at radius 2 is 2.00 bits per heavy atom. The molecule has 0 aliphatic carbocycles. The van der Waals surface area contributed by atoms with E-state index in [4.69, 9.17) is 5.11 Å². The molecule has 0 fully saturated rings. The molecule has 5 heteroatoms. The van der Waals surface area contributed by atoms with E-state index in [-0.39, 0.29) is 18.9 Å². The molecule has 0 aliphatic heterocycles. The first-order chi connectivity index (χ1) is 10.0. The predicted molar refractivity (Wildman–Crippen MR) is 85.0 cm³/mol. The molecule has 0 saturated heterocycles. The second-order valence-corrected chi connectivity index (χ2v) is 6.08. The van der Waals surface area contributed by atoms with Crippen LogP contribution in [0.15, 0.2) is 24.3 Å². The summed E-state index contributed by atoms with van der Waals surface area (Å²) in [5, 5.41) is 9.87. The minimum Gasteiger partial charge on any atom is -0.481 e. The summed E-state index contributed by atoms with van der Waals surface area (Å²) >= 11 is 1.50. The molecule has 1 aromatic carbocycles. The molecule has 21 heavy (non-hydrogen) atoms. The van der Waals surface area contributed by atoms with Crippen LogP contribution in [0.2, 0.25) is 0 Å². The molecule has 112 valence electrons. The van der Waals surface area contributed by atoms with Crippen LogP contribution in [0.4, 0.5) is 0 Å². The van der Waals surface area contributed by atoms with E-state index in [9.17, 15) is 9.59 Å². The van der Waals surface area contributed by atoms with E-state index in [1.165, 1.54) is 16.2 Å². The van der Waals surface area contributed by atoms with Crippen molar-refractivity contribution in [1.29, 1.82) is 0 Å². The number of nitrogens with zero attached hydrogens (tertiary/aromatic N) is 1. The van der Waals surface area contributed by atoms with Gasteiger partial charge in [-0.05, 0) is 23.4 Å². The highest BCUT2D eigenvalue weighted by Gasteiger charge is 2.20. The van der Waals surface area contributed by atoms with Crippen LogP contribution >= 0.6 is 11.3 Å². The van der Waals surface area contributed by atoms with E-state index in [2.05, 4.69) is 6.92 Å². The van der Waals surface area contributed by atoms with Gasteiger partial charge >= 0.3 is 5.97 Å². The molecule has 1 N–H and O–H groups in total. The number of carbonyl (C=O) groups excluding carboxylic acids is 1. The van der Waals surface area contributed by atoms with Crippen LogP contribution in [0, 0.1) is 0 Å². The SMILES string of the molecule is CCCc1c(C(=O)N(C)CCC(=O)O)sc2ccccc12. The lowest BCUT2D eigenvalue weighted by molar-refractivity contribution is -0.137. The molecule has 1 aromatic heterocycles. The molecule has 0 unspecified atom stereocenters. The lowest BCUT2D eigenvalue weighted by Gasteiger charge is -2.16. The minimum atomic E-state index is -0.889. The molecule has 0 saturated carbocycles. The zero-order chi connectivity index (χ0) is 15.4. The monoisotopic (exact) mass is 305 g/mol. The number of rotatable bonds is 6. The summed E-state index contributed by atoms with van der Waals surface area (Å²) in [5.41, 5.74) is 1.09. The first-order valence-electron chi connectivity index (χ1n) is 7.02. The number of thiophene rings is 1. The Balaban J connectivity index is 2.33. The summed E-state index contributed by atoms with van der Waals surface area (Å²) in [6, 6.07) is 8.02. The van der Waals surface area contributed by atoms with Gasteiger partial charge in [-0.3, -0.25) is 9.59 Å². The fourth-order valence-corrected chi connectivity index (χ4v) is 3.55. The van der Waals surface area contributed by atoms with Gasteiger partial charge in [0.15, 0.2) is 0 Å². The number of aryl methyl sites for hydroxylation is 1. The molecule has 4 nitrogen and oxygen atoms in total. The molecule has 1 heterocycles. The standard InChI is InChI=1S/C16H19NO3S/c1-3-6-12-11-7-4-5-8-13(11)21-15(12)16(20)17(2)10-9-14(18)19/h4-5,7-8H,3,6,9-10H2,1-2H3,(H,18,19). The number of carbonyl (C=O) groups is 2. The van der Waals surface area contributed by atoms with Gasteiger partial charge in [-0.1, -0.05) is 31.5 Å². The Hall–Kier alpha value is -1.88. The lowest BCUT2D eigenvalue weighted by atomic mass is 10.1. The quantitative estimate of drug-likeness (QED) is 0.890. The number of aliphatic carboxylic acids is 1. The van der Waals surface area contributed by atoms with Crippen molar-refractivity contribution in [3.8, 4) is 0 Å². The van der Waals surface area contributed by atoms with E-state index in [1.54, 1.807) is 7.05 Å². The van der Waals surface area contributed by atoms with Crippen molar-refractivity contribution in [3.63, 3.8) is 0 Å². The first-order valence-corrected chi connectivity index (χ1v) is 7.84. The van der Waals surface area contributed by atoms with Gasteiger partial charge in [-0.25, -0.2) is 0 Å². The normalized spacial score (nSPS) is 10.8.